The van der Waals surface area contributed by atoms with Gasteiger partial charge in [0, 0.05) is 12.0 Å². The van der Waals surface area contributed by atoms with Gasteiger partial charge in [0.1, 0.15) is 5.82 Å². The molecule has 0 aliphatic heterocycles. The van der Waals surface area contributed by atoms with Gasteiger partial charge in [0.25, 0.3) is 0 Å². The summed E-state index contributed by atoms with van der Waals surface area (Å²) < 4.78 is 13.0. The van der Waals surface area contributed by atoms with E-state index in [2.05, 4.69) is 6.92 Å². The van der Waals surface area contributed by atoms with Crippen molar-refractivity contribution in [3.63, 3.8) is 0 Å². The molecule has 0 spiro atoms. The van der Waals surface area contributed by atoms with Crippen LogP contribution in [0.4, 0.5) is 4.39 Å². The Hall–Kier alpha value is -0.640. The zero-order valence-electron chi connectivity index (χ0n) is 10.0. The first-order chi connectivity index (χ1) is 8.06. The van der Waals surface area contributed by atoms with Crippen molar-refractivity contribution in [1.29, 1.82) is 0 Å². The van der Waals surface area contributed by atoms with E-state index in [4.69, 9.17) is 17.3 Å². The third kappa shape index (κ3) is 3.66. The first-order valence-electron chi connectivity index (χ1n) is 5.82. The molecule has 1 aromatic carbocycles. The van der Waals surface area contributed by atoms with E-state index in [-0.39, 0.29) is 17.0 Å². The molecule has 4 heteroatoms. The molecule has 96 valence electrons. The Labute approximate surface area is 107 Å². The highest BCUT2D eigenvalue weighted by Gasteiger charge is 2.27. The molecule has 0 aliphatic carbocycles. The van der Waals surface area contributed by atoms with Crippen molar-refractivity contribution < 1.29 is 9.50 Å². The van der Waals surface area contributed by atoms with Crippen molar-refractivity contribution >= 4 is 11.6 Å². The van der Waals surface area contributed by atoms with Crippen LogP contribution in [0.1, 0.15) is 25.3 Å². The largest absolute Gasteiger partial charge is 0.396 e. The minimum Gasteiger partial charge on any atom is -0.396 e. The van der Waals surface area contributed by atoms with Crippen LogP contribution >= 0.6 is 11.6 Å². The molecular weight excluding hydrogens is 241 g/mol. The van der Waals surface area contributed by atoms with Crippen LogP contribution in [0.5, 0.6) is 0 Å². The maximum absolute atomic E-state index is 13.0. The second-order valence-electron chi connectivity index (χ2n) is 4.54. The van der Waals surface area contributed by atoms with Gasteiger partial charge in [-0.3, -0.25) is 0 Å². The molecule has 0 radical (unpaired) electrons. The topological polar surface area (TPSA) is 46.2 Å². The normalized spacial score (nSPS) is 14.6. The number of hydrogen-bond donors (Lipinski definition) is 2. The number of rotatable bonds is 6. The van der Waals surface area contributed by atoms with Gasteiger partial charge in [-0.25, -0.2) is 4.39 Å². The van der Waals surface area contributed by atoms with E-state index in [1.807, 2.05) is 0 Å². The highest BCUT2D eigenvalue weighted by molar-refractivity contribution is 6.30. The molecular formula is C13H19ClFNO. The van der Waals surface area contributed by atoms with Crippen LogP contribution in [0.25, 0.3) is 0 Å². The monoisotopic (exact) mass is 259 g/mol. The predicted octanol–water partition coefficient (Wildman–Crippen LogP) is 2.76. The van der Waals surface area contributed by atoms with Crippen molar-refractivity contribution in [3.8, 4) is 0 Å². The smallest absolute Gasteiger partial charge is 0.141 e. The molecule has 0 bridgehead atoms. The Kier molecular flexibility index (Phi) is 5.37. The van der Waals surface area contributed by atoms with E-state index in [1.165, 1.54) is 6.07 Å². The van der Waals surface area contributed by atoms with Gasteiger partial charge in [-0.15, -0.1) is 0 Å². The zero-order chi connectivity index (χ0) is 12.9. The molecule has 2 nitrogen and oxygen atoms in total. The molecule has 1 unspecified atom stereocenters. The van der Waals surface area contributed by atoms with Gasteiger partial charge >= 0.3 is 0 Å². The van der Waals surface area contributed by atoms with Gasteiger partial charge in [0.05, 0.1) is 11.6 Å². The highest BCUT2D eigenvalue weighted by atomic mass is 35.5. The van der Waals surface area contributed by atoms with E-state index >= 15 is 0 Å². The molecule has 1 rings (SSSR count). The standard InChI is InChI=1S/C13H19ClFNO/c1-2-5-13(8-16,9-17)7-10-3-4-12(15)11(14)6-10/h3-4,6,17H,2,5,7-9,16H2,1H3. The van der Waals surface area contributed by atoms with Gasteiger partial charge in [-0.1, -0.05) is 31.0 Å². The van der Waals surface area contributed by atoms with Gasteiger partial charge in [0.2, 0.25) is 0 Å². The molecule has 0 amide bonds. The molecule has 17 heavy (non-hydrogen) atoms. The molecule has 0 saturated carbocycles. The molecule has 1 aromatic rings. The van der Waals surface area contributed by atoms with E-state index in [0.717, 1.165) is 18.4 Å². The Morgan fingerprint density at radius 2 is 2.18 bits per heavy atom. The van der Waals surface area contributed by atoms with Crippen LogP contribution in [0.15, 0.2) is 18.2 Å². The lowest BCUT2D eigenvalue weighted by atomic mass is 9.78. The Balaban J connectivity index is 2.89. The van der Waals surface area contributed by atoms with Crippen molar-refractivity contribution in [2.45, 2.75) is 26.2 Å². The summed E-state index contributed by atoms with van der Waals surface area (Å²) in [6.07, 6.45) is 2.41. The van der Waals surface area contributed by atoms with Crippen LogP contribution in [0.2, 0.25) is 5.02 Å². The quantitative estimate of drug-likeness (QED) is 0.825. The maximum atomic E-state index is 13.0. The van der Waals surface area contributed by atoms with Gasteiger partial charge in [0.15, 0.2) is 0 Å². The van der Waals surface area contributed by atoms with Crippen LogP contribution in [0.3, 0.4) is 0 Å². The molecule has 0 aromatic heterocycles. The fraction of sp³-hybridized carbons (Fsp3) is 0.538. The molecule has 0 heterocycles. The molecule has 0 aliphatic rings. The minimum absolute atomic E-state index is 0.0341. The highest BCUT2D eigenvalue weighted by Crippen LogP contribution is 2.28. The number of aliphatic hydroxyl groups is 1. The second-order valence-corrected chi connectivity index (χ2v) is 4.94. The summed E-state index contributed by atoms with van der Waals surface area (Å²) in [6.45, 7) is 2.50. The van der Waals surface area contributed by atoms with Gasteiger partial charge < -0.3 is 10.8 Å². The van der Waals surface area contributed by atoms with Crippen LogP contribution in [0, 0.1) is 11.2 Å². The van der Waals surface area contributed by atoms with Crippen molar-refractivity contribution in [2.75, 3.05) is 13.2 Å². The van der Waals surface area contributed by atoms with Crippen molar-refractivity contribution in [3.05, 3.63) is 34.6 Å². The summed E-state index contributed by atoms with van der Waals surface area (Å²) in [6, 6.07) is 4.64. The Morgan fingerprint density at radius 3 is 2.65 bits per heavy atom. The number of nitrogens with two attached hydrogens (primary N) is 1. The van der Waals surface area contributed by atoms with E-state index in [9.17, 15) is 9.50 Å². The average molecular weight is 260 g/mol. The number of hydrogen-bond acceptors (Lipinski definition) is 2. The van der Waals surface area contributed by atoms with Crippen molar-refractivity contribution in [1.82, 2.24) is 0 Å². The first-order valence-corrected chi connectivity index (χ1v) is 6.19. The summed E-state index contributed by atoms with van der Waals surface area (Å²) >= 11 is 5.74. The third-order valence-electron chi connectivity index (χ3n) is 3.11. The lowest BCUT2D eigenvalue weighted by Gasteiger charge is -2.30. The summed E-state index contributed by atoms with van der Waals surface area (Å²) in [7, 11) is 0. The molecule has 0 fully saturated rings. The van der Waals surface area contributed by atoms with Crippen LogP contribution in [-0.4, -0.2) is 18.3 Å². The summed E-state index contributed by atoms with van der Waals surface area (Å²) in [4.78, 5) is 0. The average Bonchev–Trinajstić information content (AvgIpc) is 2.33. The second kappa shape index (κ2) is 6.34. The van der Waals surface area contributed by atoms with Crippen molar-refractivity contribution in [2.24, 2.45) is 11.1 Å². The van der Waals surface area contributed by atoms with E-state index < -0.39 is 5.82 Å². The third-order valence-corrected chi connectivity index (χ3v) is 3.40. The number of halogens is 2. The maximum Gasteiger partial charge on any atom is 0.141 e. The molecule has 3 N–H and O–H groups in total. The first kappa shape index (κ1) is 14.4. The predicted molar refractivity (Wildman–Crippen MR) is 68.6 cm³/mol. The van der Waals surface area contributed by atoms with E-state index in [1.54, 1.807) is 12.1 Å². The van der Waals surface area contributed by atoms with Crippen LogP contribution in [-0.2, 0) is 6.42 Å². The summed E-state index contributed by atoms with van der Waals surface area (Å²) in [5.74, 6) is -0.423. The van der Waals surface area contributed by atoms with Gasteiger partial charge in [-0.2, -0.15) is 0 Å². The molecule has 0 saturated heterocycles. The minimum atomic E-state index is -0.423. The molecule has 1 atom stereocenters. The Morgan fingerprint density at radius 1 is 1.47 bits per heavy atom. The summed E-state index contributed by atoms with van der Waals surface area (Å²) in [5.41, 5.74) is 6.34. The Bertz CT molecular complexity index is 366. The number of aliphatic hydroxyl groups excluding tert-OH is 1. The summed E-state index contributed by atoms with van der Waals surface area (Å²) in [5, 5.41) is 9.62. The lowest BCUT2D eigenvalue weighted by molar-refractivity contribution is 0.121. The number of benzene rings is 1. The van der Waals surface area contributed by atoms with Gasteiger partial charge in [-0.05, 0) is 30.5 Å². The van der Waals surface area contributed by atoms with Crippen LogP contribution < -0.4 is 5.73 Å². The fourth-order valence-corrected chi connectivity index (χ4v) is 2.28. The lowest BCUT2D eigenvalue weighted by Crippen LogP contribution is -2.36. The SMILES string of the molecule is CCCC(CN)(CO)Cc1ccc(F)c(Cl)c1. The fourth-order valence-electron chi connectivity index (χ4n) is 2.08. The zero-order valence-corrected chi connectivity index (χ0v) is 10.8. The van der Waals surface area contributed by atoms with E-state index in [0.29, 0.717) is 13.0 Å².